The van der Waals surface area contributed by atoms with Gasteiger partial charge in [-0.2, -0.15) is 5.26 Å². The van der Waals surface area contributed by atoms with Crippen LogP contribution in [0.4, 0.5) is 5.69 Å². The maximum atomic E-state index is 12.7. The summed E-state index contributed by atoms with van der Waals surface area (Å²) >= 11 is 16.5. The van der Waals surface area contributed by atoms with E-state index in [9.17, 15) is 15.2 Å². The fraction of sp³-hybridized carbons (Fsp3) is 0.0909. The molecule has 9 heteroatoms. The third-order valence-corrected chi connectivity index (χ3v) is 6.46. The molecule has 4 nitrogen and oxygen atoms in total. The van der Waals surface area contributed by atoms with Gasteiger partial charge in [-0.25, -0.2) is 0 Å². The minimum absolute atomic E-state index is 0. The number of nitriles is 1. The number of nitrogens with zero attached hydrogens (tertiary/aromatic N) is 2. The first-order valence-corrected chi connectivity index (χ1v) is 11.5. The van der Waals surface area contributed by atoms with E-state index in [1.807, 2.05) is 22.6 Å². The Hall–Kier alpha value is -0.540. The number of carbonyl (C=O) groups is 1. The van der Waals surface area contributed by atoms with Gasteiger partial charge < -0.3 is 15.2 Å². The number of halogens is 4. The van der Waals surface area contributed by atoms with Gasteiger partial charge in [0.15, 0.2) is 0 Å². The number of hydrogen-bond acceptors (Lipinski definition) is 3. The number of benzene rings is 3. The summed E-state index contributed by atoms with van der Waals surface area (Å²) in [7, 11) is 0. The maximum absolute atomic E-state index is 12.7. The molecule has 0 saturated heterocycles. The molecule has 1 atom stereocenters. The molecule has 0 heterocycles. The van der Waals surface area contributed by atoms with Gasteiger partial charge in [0.2, 0.25) is 0 Å². The predicted molar refractivity (Wildman–Crippen MR) is 136 cm³/mol. The van der Waals surface area contributed by atoms with E-state index in [-0.39, 0.29) is 40.9 Å². The Morgan fingerprint density at radius 3 is 2.39 bits per heavy atom. The van der Waals surface area contributed by atoms with Gasteiger partial charge in [-0.15, -0.1) is 5.69 Å². The molecular weight excluding hydrogens is 672 g/mol. The van der Waals surface area contributed by atoms with E-state index in [2.05, 4.69) is 34.0 Å². The van der Waals surface area contributed by atoms with Crippen LogP contribution in [0, 0.1) is 25.4 Å². The maximum Gasteiger partial charge on any atom is 1.00 e. The molecule has 152 valence electrons. The molecule has 0 aliphatic heterocycles. The Morgan fingerprint density at radius 1 is 1.13 bits per heavy atom. The van der Waals surface area contributed by atoms with Gasteiger partial charge in [0.05, 0.1) is 21.5 Å². The van der Waals surface area contributed by atoms with Gasteiger partial charge in [0.1, 0.15) is 5.75 Å². The van der Waals surface area contributed by atoms with Crippen molar-refractivity contribution in [2.75, 3.05) is 0 Å². The summed E-state index contributed by atoms with van der Waals surface area (Å²) in [6, 6.07) is 16.0. The minimum atomic E-state index is -0.584. The number of amides is 1. The Bertz CT molecular complexity index is 1180. The Kier molecular flexibility index (Phi) is 9.95. The van der Waals surface area contributed by atoms with Gasteiger partial charge in [-0.05, 0) is 87.5 Å². The average molecular weight is 685 g/mol. The van der Waals surface area contributed by atoms with Crippen molar-refractivity contribution >= 4 is 80.0 Å². The number of phenols is 1. The van der Waals surface area contributed by atoms with Crippen LogP contribution in [-0.2, 0) is 0 Å². The van der Waals surface area contributed by atoms with E-state index < -0.39 is 11.8 Å². The largest absolute Gasteiger partial charge is 1.00 e. The standard InChI is InChI=1S/C22H14Cl2I2N2O2.Na/c1-11-6-15(17(10-27)12-2-4-13(23)5-3-12)18(24)9-20(11)28-22(30)16-7-14(25)8-19(26)21(16)29;/h2-9,17H,1H3,(H2,28,29,30);/q;+1/p-1. The molecule has 0 radical (unpaired) electrons. The molecule has 0 saturated carbocycles. The molecule has 0 aliphatic rings. The molecule has 0 aromatic heterocycles. The van der Waals surface area contributed by atoms with Crippen LogP contribution in [0.3, 0.4) is 0 Å². The molecule has 3 aromatic rings. The quantitative estimate of drug-likeness (QED) is 0.320. The number of carbonyl (C=O) groups excluding carboxylic acids is 1. The van der Waals surface area contributed by atoms with E-state index >= 15 is 0 Å². The van der Waals surface area contributed by atoms with E-state index in [1.54, 1.807) is 55.5 Å². The monoisotopic (exact) mass is 684 g/mol. The van der Waals surface area contributed by atoms with Crippen LogP contribution in [-0.4, -0.2) is 11.0 Å². The van der Waals surface area contributed by atoms with Gasteiger partial charge in [-0.1, -0.05) is 53.0 Å². The van der Waals surface area contributed by atoms with Crippen molar-refractivity contribution in [1.29, 1.82) is 5.26 Å². The van der Waals surface area contributed by atoms with Crippen LogP contribution in [0.2, 0.25) is 10.0 Å². The summed E-state index contributed by atoms with van der Waals surface area (Å²) in [6.07, 6.45) is 0. The van der Waals surface area contributed by atoms with Crippen molar-refractivity contribution in [2.24, 2.45) is 0 Å². The number of rotatable bonds is 4. The zero-order valence-corrected chi connectivity index (χ0v) is 24.3. The first-order valence-electron chi connectivity index (χ1n) is 8.60. The molecule has 0 spiro atoms. The third-order valence-electron chi connectivity index (χ3n) is 4.44. The van der Waals surface area contributed by atoms with Gasteiger partial charge >= 0.3 is 29.6 Å². The van der Waals surface area contributed by atoms with Crippen LogP contribution in [0.15, 0.2) is 48.5 Å². The van der Waals surface area contributed by atoms with E-state index in [1.165, 1.54) is 0 Å². The first kappa shape index (κ1) is 26.7. The summed E-state index contributed by atoms with van der Waals surface area (Å²) in [5.41, 5.74) is 2.59. The second-order valence-electron chi connectivity index (χ2n) is 6.47. The normalized spacial score (nSPS) is 11.2. The minimum Gasteiger partial charge on any atom is -0.622 e. The summed E-state index contributed by atoms with van der Waals surface area (Å²) in [5, 5.41) is 25.0. The summed E-state index contributed by atoms with van der Waals surface area (Å²) in [5.74, 6) is -1.25. The Morgan fingerprint density at radius 2 is 1.77 bits per heavy atom. The number of aryl methyl sites for hydroxylation is 1. The van der Waals surface area contributed by atoms with Crippen LogP contribution >= 0.6 is 68.4 Å². The number of phenolic OH excluding ortho intramolecular Hbond substituents is 1. The topological polar surface area (TPSA) is 75.2 Å². The van der Waals surface area contributed by atoms with Crippen molar-refractivity contribution in [1.82, 2.24) is 0 Å². The SMILES string of the molecule is Cc1cc(C(C#N)c2ccc(Cl)cc2)c(Cl)cc1[N-]C(=O)c1cc(I)cc(I)c1O.[Na+]. The second kappa shape index (κ2) is 11.5. The second-order valence-corrected chi connectivity index (χ2v) is 9.73. The number of aromatic hydroxyl groups is 1. The van der Waals surface area contributed by atoms with Crippen LogP contribution in [0.5, 0.6) is 5.75 Å². The van der Waals surface area contributed by atoms with Gasteiger partial charge in [0.25, 0.3) is 0 Å². The summed E-state index contributed by atoms with van der Waals surface area (Å²) < 4.78 is 1.39. The fourth-order valence-corrected chi connectivity index (χ4v) is 5.15. The molecule has 1 unspecified atom stereocenters. The van der Waals surface area contributed by atoms with Crippen LogP contribution in [0.25, 0.3) is 5.32 Å². The molecular formula is C22H13Cl2I2N2NaO2. The fourth-order valence-electron chi connectivity index (χ4n) is 2.91. The van der Waals surface area contributed by atoms with E-state index in [0.717, 1.165) is 9.13 Å². The summed E-state index contributed by atoms with van der Waals surface area (Å²) in [6.45, 7) is 1.79. The van der Waals surface area contributed by atoms with Crippen LogP contribution < -0.4 is 29.6 Å². The van der Waals surface area contributed by atoms with E-state index in [4.69, 9.17) is 23.2 Å². The smallest absolute Gasteiger partial charge is 0.622 e. The number of hydrogen-bond donors (Lipinski definition) is 1. The molecule has 3 rings (SSSR count). The first-order chi connectivity index (χ1) is 14.2. The Balaban J connectivity index is 0.00000341. The Labute approximate surface area is 239 Å². The van der Waals surface area contributed by atoms with Crippen molar-refractivity contribution in [3.8, 4) is 11.8 Å². The molecule has 0 fully saturated rings. The van der Waals surface area contributed by atoms with Crippen molar-refractivity contribution in [3.63, 3.8) is 0 Å². The molecule has 0 aliphatic carbocycles. The molecule has 31 heavy (non-hydrogen) atoms. The summed E-state index contributed by atoms with van der Waals surface area (Å²) in [4.78, 5) is 12.7. The average Bonchev–Trinajstić information content (AvgIpc) is 2.70. The van der Waals surface area contributed by atoms with Gasteiger partial charge in [0, 0.05) is 19.2 Å². The molecule has 1 amide bonds. The molecule has 3 aromatic carbocycles. The molecule has 1 N–H and O–H groups in total. The zero-order chi connectivity index (χ0) is 22.0. The third kappa shape index (κ3) is 6.28. The van der Waals surface area contributed by atoms with Crippen molar-refractivity contribution < 1.29 is 39.5 Å². The predicted octanol–water partition coefficient (Wildman–Crippen LogP) is 4.72. The van der Waals surface area contributed by atoms with Crippen molar-refractivity contribution in [3.05, 3.63) is 93.3 Å². The van der Waals surface area contributed by atoms with Crippen molar-refractivity contribution in [2.45, 2.75) is 12.8 Å². The van der Waals surface area contributed by atoms with E-state index in [0.29, 0.717) is 30.4 Å². The van der Waals surface area contributed by atoms with Gasteiger partial charge in [-0.3, -0.25) is 0 Å². The zero-order valence-electron chi connectivity index (χ0n) is 16.5. The molecule has 0 bridgehead atoms. The van der Waals surface area contributed by atoms with Crippen LogP contribution in [0.1, 0.15) is 33.0 Å².